The molecule has 1 aliphatic heterocycles. The van der Waals surface area contributed by atoms with E-state index in [0.29, 0.717) is 13.4 Å². The molecule has 0 unspecified atom stereocenters. The highest BCUT2D eigenvalue weighted by molar-refractivity contribution is 6.30. The Hall–Kier alpha value is -0.770. The summed E-state index contributed by atoms with van der Waals surface area (Å²) in [4.78, 5) is 2.21. The van der Waals surface area contributed by atoms with Gasteiger partial charge in [-0.25, -0.2) is 0 Å². The molecule has 0 saturated carbocycles. The zero-order chi connectivity index (χ0) is 11.5. The molecule has 0 fully saturated rings. The number of hydrogen-bond donors (Lipinski definition) is 0. The molecular weight excluding hydrogens is 226 g/mol. The molecule has 2 rings (SSSR count). The Morgan fingerprint density at radius 3 is 3.00 bits per heavy atom. The van der Waals surface area contributed by atoms with Crippen LogP contribution in [0.2, 0.25) is 5.02 Å². The summed E-state index contributed by atoms with van der Waals surface area (Å²) in [5.41, 5.74) is 2.17. The molecule has 0 radical (unpaired) electrons. The summed E-state index contributed by atoms with van der Waals surface area (Å²) in [5, 5.41) is 0.743. The van der Waals surface area contributed by atoms with Crippen LogP contribution in [-0.4, -0.2) is 25.3 Å². The molecule has 1 aromatic carbocycles. The Morgan fingerprint density at radius 1 is 1.44 bits per heavy atom. The molecule has 88 valence electrons. The summed E-state index contributed by atoms with van der Waals surface area (Å²) in [6.45, 7) is 4.88. The van der Waals surface area contributed by atoms with Gasteiger partial charge in [0.2, 0.25) is 0 Å². The number of hydrogen-bond acceptors (Lipinski definition) is 3. The molecule has 1 heterocycles. The van der Waals surface area contributed by atoms with Crippen molar-refractivity contribution in [2.75, 3.05) is 20.4 Å². The van der Waals surface area contributed by atoms with Crippen LogP contribution in [0.15, 0.2) is 12.1 Å². The van der Waals surface area contributed by atoms with E-state index in [1.165, 1.54) is 0 Å². The van der Waals surface area contributed by atoms with Crippen molar-refractivity contribution < 1.29 is 9.47 Å². The largest absolute Gasteiger partial charge is 0.467 e. The van der Waals surface area contributed by atoms with Gasteiger partial charge < -0.3 is 14.4 Å². The summed E-state index contributed by atoms with van der Waals surface area (Å²) in [6.07, 6.45) is 0. The summed E-state index contributed by atoms with van der Waals surface area (Å²) >= 11 is 6.08. The fourth-order valence-corrected chi connectivity index (χ4v) is 2.04. The van der Waals surface area contributed by atoms with Crippen molar-refractivity contribution in [1.29, 1.82) is 0 Å². The van der Waals surface area contributed by atoms with Gasteiger partial charge in [-0.15, -0.1) is 0 Å². The third-order valence-electron chi connectivity index (χ3n) is 2.73. The maximum atomic E-state index is 6.08. The highest BCUT2D eigenvalue weighted by Crippen LogP contribution is 2.32. The van der Waals surface area contributed by atoms with Gasteiger partial charge in [-0.3, -0.25) is 0 Å². The molecule has 1 aliphatic rings. The van der Waals surface area contributed by atoms with E-state index < -0.39 is 0 Å². The maximum absolute atomic E-state index is 6.08. The van der Waals surface area contributed by atoms with Crippen molar-refractivity contribution in [3.63, 3.8) is 0 Å². The van der Waals surface area contributed by atoms with E-state index in [4.69, 9.17) is 21.1 Å². The molecule has 0 N–H and O–H groups in total. The Morgan fingerprint density at radius 2 is 2.25 bits per heavy atom. The Kier molecular flexibility index (Phi) is 3.69. The first kappa shape index (κ1) is 11.7. The molecule has 16 heavy (non-hydrogen) atoms. The van der Waals surface area contributed by atoms with Crippen LogP contribution in [0.25, 0.3) is 0 Å². The van der Waals surface area contributed by atoms with E-state index in [9.17, 15) is 0 Å². The summed E-state index contributed by atoms with van der Waals surface area (Å²) in [5.74, 6) is 0.941. The third kappa shape index (κ3) is 2.48. The quantitative estimate of drug-likeness (QED) is 0.812. The number of fused-ring (bicyclic) bond motifs is 1. The van der Waals surface area contributed by atoms with Gasteiger partial charge in [0.1, 0.15) is 5.75 Å². The summed E-state index contributed by atoms with van der Waals surface area (Å²) in [6, 6.07) is 3.88. The lowest BCUT2D eigenvalue weighted by Gasteiger charge is -2.23. The lowest BCUT2D eigenvalue weighted by atomic mass is 10.1. The van der Waals surface area contributed by atoms with Crippen LogP contribution in [0.4, 0.5) is 0 Å². The molecule has 0 bridgehead atoms. The van der Waals surface area contributed by atoms with Crippen molar-refractivity contribution in [3.05, 3.63) is 28.3 Å². The van der Waals surface area contributed by atoms with Crippen LogP contribution in [0.5, 0.6) is 5.75 Å². The normalized spacial score (nSPS) is 14.8. The van der Waals surface area contributed by atoms with Gasteiger partial charge >= 0.3 is 0 Å². The zero-order valence-electron chi connectivity index (χ0n) is 9.62. The molecular formula is C12H16ClNO2. The van der Waals surface area contributed by atoms with Crippen LogP contribution in [0.1, 0.15) is 18.1 Å². The first-order chi connectivity index (χ1) is 7.70. The van der Waals surface area contributed by atoms with Gasteiger partial charge in [0.25, 0.3) is 0 Å². The average Bonchev–Trinajstić information content (AvgIpc) is 2.28. The van der Waals surface area contributed by atoms with Crippen molar-refractivity contribution in [3.8, 4) is 5.75 Å². The van der Waals surface area contributed by atoms with Gasteiger partial charge in [0, 0.05) is 22.7 Å². The van der Waals surface area contributed by atoms with E-state index in [0.717, 1.165) is 35.0 Å². The maximum Gasteiger partial charge on any atom is 0.189 e. The predicted molar refractivity (Wildman–Crippen MR) is 63.7 cm³/mol. The topological polar surface area (TPSA) is 21.7 Å². The number of nitrogens with zero attached hydrogens (tertiary/aromatic N) is 1. The number of rotatable bonds is 3. The zero-order valence-corrected chi connectivity index (χ0v) is 10.4. The Labute approximate surface area is 101 Å². The molecule has 0 saturated heterocycles. The second kappa shape index (κ2) is 5.04. The van der Waals surface area contributed by atoms with E-state index in [1.807, 2.05) is 12.1 Å². The number of halogens is 1. The SMILES string of the molecule is CCN(C)Cc1cc(Cl)cc2c1OCOC2. The molecule has 0 aliphatic carbocycles. The smallest absolute Gasteiger partial charge is 0.189 e. The Balaban J connectivity index is 2.31. The minimum Gasteiger partial charge on any atom is -0.467 e. The van der Waals surface area contributed by atoms with Gasteiger partial charge in [-0.1, -0.05) is 18.5 Å². The predicted octanol–water partition coefficient (Wildman–Crippen LogP) is 2.66. The first-order valence-corrected chi connectivity index (χ1v) is 5.79. The van der Waals surface area contributed by atoms with Gasteiger partial charge in [0.15, 0.2) is 6.79 Å². The van der Waals surface area contributed by atoms with Crippen molar-refractivity contribution in [2.24, 2.45) is 0 Å². The van der Waals surface area contributed by atoms with Gasteiger partial charge in [-0.05, 0) is 25.7 Å². The molecule has 0 atom stereocenters. The van der Waals surface area contributed by atoms with Gasteiger partial charge in [0.05, 0.1) is 6.61 Å². The number of benzene rings is 1. The van der Waals surface area contributed by atoms with Crippen molar-refractivity contribution in [2.45, 2.75) is 20.1 Å². The number of ether oxygens (including phenoxy) is 2. The van der Waals surface area contributed by atoms with Crippen LogP contribution in [-0.2, 0) is 17.9 Å². The van der Waals surface area contributed by atoms with Crippen molar-refractivity contribution in [1.82, 2.24) is 4.90 Å². The fourth-order valence-electron chi connectivity index (χ4n) is 1.78. The lowest BCUT2D eigenvalue weighted by molar-refractivity contribution is -0.0173. The molecule has 0 amide bonds. The van der Waals surface area contributed by atoms with Crippen LogP contribution < -0.4 is 4.74 Å². The second-order valence-corrected chi connectivity index (χ2v) is 4.43. The van der Waals surface area contributed by atoms with Crippen LogP contribution in [0, 0.1) is 0 Å². The average molecular weight is 242 g/mol. The summed E-state index contributed by atoms with van der Waals surface area (Å²) < 4.78 is 10.8. The van der Waals surface area contributed by atoms with E-state index in [-0.39, 0.29) is 0 Å². The highest BCUT2D eigenvalue weighted by atomic mass is 35.5. The second-order valence-electron chi connectivity index (χ2n) is 3.99. The monoisotopic (exact) mass is 241 g/mol. The first-order valence-electron chi connectivity index (χ1n) is 5.41. The fraction of sp³-hybridized carbons (Fsp3) is 0.500. The molecule has 3 nitrogen and oxygen atoms in total. The Bertz CT molecular complexity index is 382. The molecule has 4 heteroatoms. The molecule has 0 aromatic heterocycles. The van der Waals surface area contributed by atoms with E-state index >= 15 is 0 Å². The van der Waals surface area contributed by atoms with Crippen LogP contribution in [0.3, 0.4) is 0 Å². The molecule has 1 aromatic rings. The minimum atomic E-state index is 0.331. The lowest BCUT2D eigenvalue weighted by Crippen LogP contribution is -2.19. The van der Waals surface area contributed by atoms with Crippen LogP contribution >= 0.6 is 11.6 Å². The van der Waals surface area contributed by atoms with E-state index in [2.05, 4.69) is 18.9 Å². The van der Waals surface area contributed by atoms with Crippen molar-refractivity contribution >= 4 is 11.6 Å². The highest BCUT2D eigenvalue weighted by Gasteiger charge is 2.16. The third-order valence-corrected chi connectivity index (χ3v) is 2.95. The van der Waals surface area contributed by atoms with Gasteiger partial charge in [-0.2, -0.15) is 0 Å². The van der Waals surface area contributed by atoms with E-state index in [1.54, 1.807) is 0 Å². The summed E-state index contributed by atoms with van der Waals surface area (Å²) in [7, 11) is 2.08. The standard InChI is InChI=1S/C12H16ClNO2/c1-3-14(2)6-9-4-11(13)5-10-7-15-8-16-12(9)10/h4-5H,3,6-8H2,1-2H3. The molecule has 0 spiro atoms. The minimum absolute atomic E-state index is 0.331.